The van der Waals surface area contributed by atoms with Crippen LogP contribution >= 0.6 is 0 Å². The second-order valence-electron chi connectivity index (χ2n) is 12.1. The normalized spacial score (nSPS) is 18.9. The molecule has 4 rings (SSSR count). The molecule has 6 nitrogen and oxygen atoms in total. The van der Waals surface area contributed by atoms with Gasteiger partial charge in [0, 0.05) is 51.1 Å². The van der Waals surface area contributed by atoms with Gasteiger partial charge in [-0.2, -0.15) is 0 Å². The summed E-state index contributed by atoms with van der Waals surface area (Å²) in [7, 11) is 0. The van der Waals surface area contributed by atoms with E-state index in [1.54, 1.807) is 0 Å². The molecule has 2 aliphatic rings. The van der Waals surface area contributed by atoms with Crippen LogP contribution in [-0.2, 0) is 11.8 Å². The Bertz CT molecular complexity index is 1180. The van der Waals surface area contributed by atoms with Crippen LogP contribution < -0.4 is 0 Å². The summed E-state index contributed by atoms with van der Waals surface area (Å²) >= 11 is 0. The minimum Gasteiger partial charge on any atom is -0.395 e. The van der Waals surface area contributed by atoms with Gasteiger partial charge >= 0.3 is 0 Å². The molecule has 0 bridgehead atoms. The van der Waals surface area contributed by atoms with Crippen LogP contribution in [0.15, 0.2) is 30.5 Å². The largest absolute Gasteiger partial charge is 0.395 e. The van der Waals surface area contributed by atoms with Crippen LogP contribution in [0.4, 0.5) is 0 Å². The van der Waals surface area contributed by atoms with E-state index in [2.05, 4.69) is 77.7 Å². The summed E-state index contributed by atoms with van der Waals surface area (Å²) < 4.78 is 0. The fourth-order valence-electron chi connectivity index (χ4n) is 5.53. The Balaban J connectivity index is 1.58. The predicted molar refractivity (Wildman–Crippen MR) is 150 cm³/mol. The number of ketones is 1. The van der Waals surface area contributed by atoms with Crippen LogP contribution in [0.5, 0.6) is 0 Å². The lowest BCUT2D eigenvalue weighted by molar-refractivity contribution is 0.0983. The molecule has 1 aromatic carbocycles. The number of H-pyrrole nitrogens is 1. The van der Waals surface area contributed by atoms with Crippen molar-refractivity contribution in [3.63, 3.8) is 0 Å². The first-order chi connectivity index (χ1) is 17.6. The SMILES string of the molecule is C#Cc1cnc(C(=O)Cc2ccc(C(C)(C)CN3CCN(CCO)CC3)cc2C2=CCC(C)(C)CC2)[nH]1. The molecule has 1 aliphatic carbocycles. The maximum atomic E-state index is 13.1. The smallest absolute Gasteiger partial charge is 0.202 e. The number of carbonyl (C=O) groups is 1. The Morgan fingerprint density at radius 2 is 1.95 bits per heavy atom. The molecular weight excluding hydrogens is 460 g/mol. The van der Waals surface area contributed by atoms with Crippen molar-refractivity contribution in [2.24, 2.45) is 5.41 Å². The van der Waals surface area contributed by atoms with Crippen LogP contribution in [0.1, 0.15) is 80.0 Å². The van der Waals surface area contributed by atoms with Crippen molar-refractivity contribution >= 4 is 11.4 Å². The number of aliphatic hydroxyl groups is 1. The molecule has 1 fully saturated rings. The van der Waals surface area contributed by atoms with E-state index >= 15 is 0 Å². The first kappa shape index (κ1) is 27.3. The van der Waals surface area contributed by atoms with Crippen LogP contribution in [0, 0.1) is 17.8 Å². The van der Waals surface area contributed by atoms with Gasteiger partial charge in [-0.15, -0.1) is 6.42 Å². The third kappa shape index (κ3) is 6.78. The Morgan fingerprint density at radius 1 is 1.22 bits per heavy atom. The van der Waals surface area contributed by atoms with Gasteiger partial charge in [-0.3, -0.25) is 14.6 Å². The number of benzene rings is 1. The molecule has 0 amide bonds. The molecule has 37 heavy (non-hydrogen) atoms. The molecule has 198 valence electrons. The highest BCUT2D eigenvalue weighted by Gasteiger charge is 2.29. The van der Waals surface area contributed by atoms with E-state index in [9.17, 15) is 9.90 Å². The standard InChI is InChI=1S/C31H42N4O2/c1-6-26-21-32-29(33-26)28(37)19-24-7-8-25(20-27(24)23-9-11-30(2,3)12-10-23)31(4,5)22-35-15-13-34(14-16-35)17-18-36/h1,7-9,20-21,36H,10-19,22H2,2-5H3,(H,32,33). The molecule has 1 aliphatic heterocycles. The lowest BCUT2D eigenvalue weighted by atomic mass is 9.75. The first-order valence-electron chi connectivity index (χ1n) is 13.5. The molecule has 0 atom stereocenters. The van der Waals surface area contributed by atoms with E-state index in [-0.39, 0.29) is 17.8 Å². The van der Waals surface area contributed by atoms with Gasteiger partial charge in [0.1, 0.15) is 5.69 Å². The highest BCUT2D eigenvalue weighted by molar-refractivity contribution is 5.95. The molecule has 2 N–H and O–H groups in total. The second kappa shape index (κ2) is 11.3. The summed E-state index contributed by atoms with van der Waals surface area (Å²) in [6.45, 7) is 15.3. The number of terminal acetylenes is 1. The highest BCUT2D eigenvalue weighted by Crippen LogP contribution is 2.40. The number of aromatic nitrogens is 2. The van der Waals surface area contributed by atoms with Crippen molar-refractivity contribution in [1.29, 1.82) is 0 Å². The number of hydrogen-bond acceptors (Lipinski definition) is 5. The number of rotatable bonds is 9. The summed E-state index contributed by atoms with van der Waals surface area (Å²) in [6.07, 6.45) is 12.9. The Kier molecular flexibility index (Phi) is 8.38. The van der Waals surface area contributed by atoms with Crippen molar-refractivity contribution in [3.8, 4) is 12.3 Å². The zero-order valence-electron chi connectivity index (χ0n) is 22.9. The zero-order chi connectivity index (χ0) is 26.6. The van der Waals surface area contributed by atoms with E-state index in [1.165, 1.54) is 22.9 Å². The van der Waals surface area contributed by atoms with Gasteiger partial charge in [0.2, 0.25) is 5.78 Å². The van der Waals surface area contributed by atoms with Gasteiger partial charge in [-0.1, -0.05) is 57.9 Å². The first-order valence-corrected chi connectivity index (χ1v) is 13.5. The minimum atomic E-state index is -0.0488. The van der Waals surface area contributed by atoms with Gasteiger partial charge in [-0.25, -0.2) is 4.98 Å². The van der Waals surface area contributed by atoms with Crippen LogP contribution in [0.25, 0.3) is 5.57 Å². The molecule has 1 saturated heterocycles. The van der Waals surface area contributed by atoms with E-state index in [1.807, 2.05) is 0 Å². The number of piperazine rings is 1. The van der Waals surface area contributed by atoms with E-state index in [0.717, 1.165) is 64.1 Å². The number of nitrogens with zero attached hydrogens (tertiary/aromatic N) is 3. The van der Waals surface area contributed by atoms with Gasteiger partial charge < -0.3 is 10.1 Å². The third-order valence-corrected chi connectivity index (χ3v) is 8.06. The quantitative estimate of drug-likeness (QED) is 0.395. The average Bonchev–Trinajstić information content (AvgIpc) is 3.35. The molecule has 1 aromatic heterocycles. The summed E-state index contributed by atoms with van der Waals surface area (Å²) in [5.74, 6) is 2.78. The fraction of sp³-hybridized carbons (Fsp3) is 0.548. The van der Waals surface area contributed by atoms with Gasteiger partial charge in [0.15, 0.2) is 5.82 Å². The third-order valence-electron chi connectivity index (χ3n) is 8.06. The molecule has 6 heteroatoms. The number of Topliss-reactive ketones (excluding diaryl/α,β-unsaturated/α-hetero) is 1. The van der Waals surface area contributed by atoms with Gasteiger partial charge in [0.25, 0.3) is 0 Å². The van der Waals surface area contributed by atoms with E-state index in [4.69, 9.17) is 6.42 Å². The Morgan fingerprint density at radius 3 is 2.57 bits per heavy atom. The van der Waals surface area contributed by atoms with Gasteiger partial charge in [-0.05, 0) is 46.9 Å². The predicted octanol–water partition coefficient (Wildman–Crippen LogP) is 4.30. The van der Waals surface area contributed by atoms with Crippen molar-refractivity contribution in [2.45, 2.75) is 58.8 Å². The molecule has 0 radical (unpaired) electrons. The number of imidazole rings is 1. The number of β-amino-alcohol motifs (C(OH)–C–C–N with tert-alkyl or cyclic N) is 1. The molecule has 0 saturated carbocycles. The van der Waals surface area contributed by atoms with Crippen molar-refractivity contribution in [2.75, 3.05) is 45.9 Å². The molecule has 2 heterocycles. The van der Waals surface area contributed by atoms with Gasteiger partial charge in [0.05, 0.1) is 12.8 Å². The molecule has 2 aromatic rings. The highest BCUT2D eigenvalue weighted by atomic mass is 16.3. The van der Waals surface area contributed by atoms with Crippen molar-refractivity contribution in [1.82, 2.24) is 19.8 Å². The van der Waals surface area contributed by atoms with E-state index < -0.39 is 0 Å². The second-order valence-corrected chi connectivity index (χ2v) is 12.1. The topological polar surface area (TPSA) is 72.5 Å². The molecule has 0 unspecified atom stereocenters. The van der Waals surface area contributed by atoms with E-state index in [0.29, 0.717) is 23.4 Å². The summed E-state index contributed by atoms with van der Waals surface area (Å²) in [5, 5.41) is 9.24. The van der Waals surface area contributed by atoms with Crippen molar-refractivity contribution < 1.29 is 9.90 Å². The summed E-state index contributed by atoms with van der Waals surface area (Å²) in [4.78, 5) is 25.1. The van der Waals surface area contributed by atoms with Crippen LogP contribution in [0.3, 0.4) is 0 Å². The molecular formula is C31H42N4O2. The number of hydrogen-bond donors (Lipinski definition) is 2. The summed E-state index contributed by atoms with van der Waals surface area (Å²) in [6, 6.07) is 6.69. The number of aromatic amines is 1. The fourth-order valence-corrected chi connectivity index (χ4v) is 5.53. The Hall–Kier alpha value is -2.72. The Labute approximate surface area is 222 Å². The average molecular weight is 503 g/mol. The maximum absolute atomic E-state index is 13.1. The summed E-state index contributed by atoms with van der Waals surface area (Å²) in [5.41, 5.74) is 5.70. The lowest BCUT2D eigenvalue weighted by Crippen LogP contribution is -2.50. The number of carbonyl (C=O) groups excluding carboxylic acids is 1. The van der Waals surface area contributed by atoms with Crippen LogP contribution in [0.2, 0.25) is 0 Å². The number of allylic oxidation sites excluding steroid dienone is 2. The van der Waals surface area contributed by atoms with Crippen LogP contribution in [-0.4, -0.2) is 76.5 Å². The number of aliphatic hydroxyl groups excluding tert-OH is 1. The minimum absolute atomic E-state index is 0.0341. The zero-order valence-corrected chi connectivity index (χ0v) is 22.9. The maximum Gasteiger partial charge on any atom is 0.202 e. The monoisotopic (exact) mass is 502 g/mol. The van der Waals surface area contributed by atoms with Crippen molar-refractivity contribution in [3.05, 3.63) is 58.7 Å². The lowest BCUT2D eigenvalue weighted by Gasteiger charge is -2.39. The molecule has 0 spiro atoms. The number of nitrogens with one attached hydrogen (secondary N) is 1.